The molecule has 1 N–H and O–H groups in total. The molecule has 156 valence electrons. The number of nitrogens with one attached hydrogen (secondary N) is 1. The van der Waals surface area contributed by atoms with E-state index in [2.05, 4.69) is 37.2 Å². The quantitative estimate of drug-likeness (QED) is 0.243. The first-order valence-electron chi connectivity index (χ1n) is 8.77. The number of hydrogen-bond donors (Lipinski definition) is 1. The second kappa shape index (κ2) is 9.92. The third-order valence-corrected chi connectivity index (χ3v) is 6.37. The monoisotopic (exact) mass is 560 g/mol. The Morgan fingerprint density at radius 1 is 0.968 bits per heavy atom. The molecule has 0 aliphatic rings. The van der Waals surface area contributed by atoms with E-state index >= 15 is 0 Å². The molecule has 6 nitrogen and oxygen atoms in total. The highest BCUT2D eigenvalue weighted by Gasteiger charge is 2.20. The van der Waals surface area contributed by atoms with Crippen LogP contribution in [0, 0.1) is 11.3 Å². The van der Waals surface area contributed by atoms with Crippen molar-refractivity contribution in [3.63, 3.8) is 0 Å². The molecule has 0 aromatic heterocycles. The lowest BCUT2D eigenvalue weighted by Gasteiger charge is -2.11. The fraction of sp³-hybridized carbons (Fsp3) is 0. The van der Waals surface area contributed by atoms with Crippen LogP contribution in [0.15, 0.2) is 92.2 Å². The first kappa shape index (κ1) is 22.7. The second-order valence-electron chi connectivity index (χ2n) is 6.15. The predicted molar refractivity (Wildman–Crippen MR) is 125 cm³/mol. The van der Waals surface area contributed by atoms with Crippen molar-refractivity contribution >= 4 is 59.6 Å². The van der Waals surface area contributed by atoms with E-state index in [0.29, 0.717) is 20.2 Å². The van der Waals surface area contributed by atoms with E-state index < -0.39 is 16.0 Å². The Kier molecular flexibility index (Phi) is 7.28. The van der Waals surface area contributed by atoms with Gasteiger partial charge in [0.2, 0.25) is 0 Å². The molecular formula is C22H14Br2N2O4S. The van der Waals surface area contributed by atoms with Crippen molar-refractivity contribution in [3.05, 3.63) is 92.9 Å². The fourth-order valence-corrected chi connectivity index (χ4v) is 5.11. The Morgan fingerprint density at radius 2 is 1.52 bits per heavy atom. The molecule has 0 aliphatic heterocycles. The first-order chi connectivity index (χ1) is 14.8. The van der Waals surface area contributed by atoms with Gasteiger partial charge in [-0.2, -0.15) is 13.7 Å². The van der Waals surface area contributed by atoms with Crippen LogP contribution in [0.1, 0.15) is 5.56 Å². The molecular weight excluding hydrogens is 548 g/mol. The lowest BCUT2D eigenvalue weighted by atomic mass is 10.1. The minimum Gasteiger partial charge on any atom is -0.377 e. The van der Waals surface area contributed by atoms with Crippen molar-refractivity contribution in [1.29, 1.82) is 5.26 Å². The summed E-state index contributed by atoms with van der Waals surface area (Å²) in [6, 6.07) is 21.5. The molecule has 0 fully saturated rings. The van der Waals surface area contributed by atoms with Crippen LogP contribution in [-0.4, -0.2) is 14.3 Å². The summed E-state index contributed by atoms with van der Waals surface area (Å²) in [7, 11) is -4.04. The van der Waals surface area contributed by atoms with Crippen LogP contribution < -0.4 is 9.50 Å². The fourth-order valence-electron chi connectivity index (χ4n) is 2.52. The van der Waals surface area contributed by atoms with Crippen molar-refractivity contribution in [3.8, 4) is 11.8 Å². The summed E-state index contributed by atoms with van der Waals surface area (Å²) in [6.07, 6.45) is 1.39. The molecule has 3 rings (SSSR count). The van der Waals surface area contributed by atoms with Crippen molar-refractivity contribution in [2.75, 3.05) is 5.32 Å². The Bertz CT molecular complexity index is 1260. The third kappa shape index (κ3) is 5.82. The zero-order chi connectivity index (χ0) is 22.4. The van der Waals surface area contributed by atoms with E-state index in [-0.39, 0.29) is 16.2 Å². The van der Waals surface area contributed by atoms with Crippen LogP contribution in [0.3, 0.4) is 0 Å². The smallest absolute Gasteiger partial charge is 0.339 e. The molecule has 31 heavy (non-hydrogen) atoms. The van der Waals surface area contributed by atoms with Gasteiger partial charge in [0.05, 0.1) is 8.95 Å². The number of anilines is 1. The van der Waals surface area contributed by atoms with Gasteiger partial charge in [-0.3, -0.25) is 4.79 Å². The SMILES string of the molecule is N#C/C(=C\c1cc(Br)c(OS(=O)(=O)c2ccccc2)c(Br)c1)C(=O)Nc1ccccc1. The van der Waals surface area contributed by atoms with Gasteiger partial charge in [0, 0.05) is 5.69 Å². The van der Waals surface area contributed by atoms with Gasteiger partial charge in [-0.25, -0.2) is 0 Å². The number of nitrogens with zero attached hydrogens (tertiary/aromatic N) is 1. The van der Waals surface area contributed by atoms with Crippen molar-refractivity contribution < 1.29 is 17.4 Å². The second-order valence-corrected chi connectivity index (χ2v) is 9.41. The molecule has 0 spiro atoms. The highest BCUT2D eigenvalue weighted by atomic mass is 79.9. The predicted octanol–water partition coefficient (Wildman–Crippen LogP) is 5.52. The summed E-state index contributed by atoms with van der Waals surface area (Å²) in [6.45, 7) is 0. The van der Waals surface area contributed by atoms with Gasteiger partial charge >= 0.3 is 10.1 Å². The van der Waals surface area contributed by atoms with Crippen LogP contribution in [0.2, 0.25) is 0 Å². The summed E-state index contributed by atoms with van der Waals surface area (Å²) < 4.78 is 30.9. The van der Waals surface area contributed by atoms with Crippen LogP contribution in [0.4, 0.5) is 5.69 Å². The number of halogens is 2. The van der Waals surface area contributed by atoms with E-state index in [1.165, 1.54) is 18.2 Å². The molecule has 0 atom stereocenters. The number of amides is 1. The lowest BCUT2D eigenvalue weighted by Crippen LogP contribution is -2.13. The molecule has 9 heteroatoms. The first-order valence-corrected chi connectivity index (χ1v) is 11.8. The van der Waals surface area contributed by atoms with Gasteiger partial charge in [-0.15, -0.1) is 0 Å². The van der Waals surface area contributed by atoms with E-state index in [1.807, 2.05) is 12.1 Å². The van der Waals surface area contributed by atoms with Crippen LogP contribution in [-0.2, 0) is 14.9 Å². The Hall–Kier alpha value is -2.93. The van der Waals surface area contributed by atoms with E-state index in [0.717, 1.165) is 0 Å². The average molecular weight is 562 g/mol. The molecule has 0 saturated heterocycles. The van der Waals surface area contributed by atoms with Gasteiger partial charge in [0.15, 0.2) is 5.75 Å². The van der Waals surface area contributed by atoms with E-state index in [4.69, 9.17) is 4.18 Å². The van der Waals surface area contributed by atoms with Crippen LogP contribution in [0.25, 0.3) is 6.08 Å². The Balaban J connectivity index is 1.87. The Labute approximate surface area is 196 Å². The van der Waals surface area contributed by atoms with Gasteiger partial charge in [0.25, 0.3) is 5.91 Å². The van der Waals surface area contributed by atoms with Crippen molar-refractivity contribution in [2.24, 2.45) is 0 Å². The topological polar surface area (TPSA) is 96.3 Å². The van der Waals surface area contributed by atoms with Crippen molar-refractivity contribution in [1.82, 2.24) is 0 Å². The number of rotatable bonds is 6. The maximum absolute atomic E-state index is 12.5. The number of nitriles is 1. The molecule has 0 bridgehead atoms. The van der Waals surface area contributed by atoms with Gasteiger partial charge in [-0.1, -0.05) is 36.4 Å². The summed E-state index contributed by atoms with van der Waals surface area (Å²) >= 11 is 6.59. The molecule has 1 amide bonds. The van der Waals surface area contributed by atoms with Crippen molar-refractivity contribution in [2.45, 2.75) is 4.90 Å². The molecule has 0 unspecified atom stereocenters. The van der Waals surface area contributed by atoms with E-state index in [1.54, 1.807) is 54.6 Å². The molecule has 0 heterocycles. The van der Waals surface area contributed by atoms with Gasteiger partial charge in [-0.05, 0) is 79.9 Å². The number of carbonyl (C=O) groups excluding carboxylic acids is 1. The summed E-state index contributed by atoms with van der Waals surface area (Å²) in [5.74, 6) is -0.513. The van der Waals surface area contributed by atoms with Crippen LogP contribution in [0.5, 0.6) is 5.75 Å². The maximum Gasteiger partial charge on any atom is 0.339 e. The third-order valence-electron chi connectivity index (χ3n) is 3.95. The number of carbonyl (C=O) groups is 1. The summed E-state index contributed by atoms with van der Waals surface area (Å²) in [5.41, 5.74) is 0.932. The molecule has 3 aromatic carbocycles. The number of benzene rings is 3. The summed E-state index contributed by atoms with van der Waals surface area (Å²) in [4.78, 5) is 12.4. The highest BCUT2D eigenvalue weighted by molar-refractivity contribution is 9.11. The molecule has 0 aliphatic carbocycles. The largest absolute Gasteiger partial charge is 0.377 e. The Morgan fingerprint density at radius 3 is 2.06 bits per heavy atom. The summed E-state index contributed by atoms with van der Waals surface area (Å²) in [5, 5.41) is 12.0. The number of para-hydroxylation sites is 1. The maximum atomic E-state index is 12.5. The lowest BCUT2D eigenvalue weighted by molar-refractivity contribution is -0.112. The number of hydrogen-bond acceptors (Lipinski definition) is 5. The zero-order valence-electron chi connectivity index (χ0n) is 15.7. The van der Waals surface area contributed by atoms with E-state index in [9.17, 15) is 18.5 Å². The van der Waals surface area contributed by atoms with Gasteiger partial charge < -0.3 is 9.50 Å². The molecule has 3 aromatic rings. The minimum absolute atomic E-state index is 0.0159. The van der Waals surface area contributed by atoms with Crippen LogP contribution >= 0.6 is 31.9 Å². The molecule has 0 radical (unpaired) electrons. The normalized spacial score (nSPS) is 11.5. The van der Waals surface area contributed by atoms with Gasteiger partial charge in [0.1, 0.15) is 16.5 Å². The molecule has 0 saturated carbocycles. The standard InChI is InChI=1S/C22H14Br2N2O4S/c23-19-12-15(11-16(14-25)22(27)26-17-7-3-1-4-8-17)13-20(24)21(19)30-31(28,29)18-9-5-2-6-10-18/h1-13H,(H,26,27)/b16-11+. The average Bonchev–Trinajstić information content (AvgIpc) is 2.76. The zero-order valence-corrected chi connectivity index (χ0v) is 19.7. The highest BCUT2D eigenvalue weighted by Crippen LogP contribution is 2.37. The minimum atomic E-state index is -4.04.